The van der Waals surface area contributed by atoms with Crippen LogP contribution in [0.5, 0.6) is 0 Å². The summed E-state index contributed by atoms with van der Waals surface area (Å²) in [4.78, 5) is 25.8. The van der Waals surface area contributed by atoms with E-state index in [1.54, 1.807) is 0 Å². The van der Waals surface area contributed by atoms with E-state index in [-0.39, 0.29) is 26.1 Å². The van der Waals surface area contributed by atoms with Gasteiger partial charge in [-0.25, -0.2) is 18.0 Å². The average molecular weight is 408 g/mol. The number of rotatable bonds is 5. The minimum Gasteiger partial charge on any atom is -0.407 e. The Hall–Kier alpha value is -3.07. The number of hydrogen-bond acceptors (Lipinski definition) is 4. The van der Waals surface area contributed by atoms with Crippen molar-refractivity contribution in [3.8, 4) is 0 Å². The van der Waals surface area contributed by atoms with Crippen molar-refractivity contribution in [2.45, 2.75) is 31.7 Å². The topological polar surface area (TPSA) is 78.9 Å². The van der Waals surface area contributed by atoms with Gasteiger partial charge in [0, 0.05) is 26.1 Å². The number of benzene rings is 2. The Kier molecular flexibility index (Phi) is 6.07. The minimum absolute atomic E-state index is 0.0158. The standard InChI is InChI=1S/C20H19F3N2O4/c21-15-5-2-13(3-6-15)11-24-19(27)29-20(28)8-1-9-25(18(20)26)12-14-4-7-16(22)17(23)10-14/h2-7,10,28H,1,8-9,11-12H2,(H,24,27). The Bertz CT molecular complexity index is 907. The predicted octanol–water partition coefficient (Wildman–Crippen LogP) is 2.84. The Morgan fingerprint density at radius 1 is 1.10 bits per heavy atom. The van der Waals surface area contributed by atoms with E-state index in [2.05, 4.69) is 5.32 Å². The predicted molar refractivity (Wildman–Crippen MR) is 95.7 cm³/mol. The van der Waals surface area contributed by atoms with Crippen LogP contribution >= 0.6 is 0 Å². The quantitative estimate of drug-likeness (QED) is 0.746. The van der Waals surface area contributed by atoms with E-state index in [4.69, 9.17) is 4.74 Å². The number of ether oxygens (including phenoxy) is 1. The highest BCUT2D eigenvalue weighted by atomic mass is 19.2. The van der Waals surface area contributed by atoms with Gasteiger partial charge < -0.3 is 20.1 Å². The van der Waals surface area contributed by atoms with E-state index >= 15 is 0 Å². The van der Waals surface area contributed by atoms with E-state index in [1.807, 2.05) is 0 Å². The molecule has 0 saturated carbocycles. The van der Waals surface area contributed by atoms with Crippen molar-refractivity contribution in [1.82, 2.24) is 10.2 Å². The molecule has 1 atom stereocenters. The van der Waals surface area contributed by atoms with Crippen LogP contribution in [-0.2, 0) is 22.6 Å². The van der Waals surface area contributed by atoms with Crippen molar-refractivity contribution in [2.24, 2.45) is 0 Å². The maximum atomic E-state index is 13.4. The third-order valence-electron chi connectivity index (χ3n) is 4.53. The summed E-state index contributed by atoms with van der Waals surface area (Å²) in [6.45, 7) is 0.210. The zero-order chi connectivity index (χ0) is 21.0. The number of halogens is 3. The smallest absolute Gasteiger partial charge is 0.407 e. The van der Waals surface area contributed by atoms with Gasteiger partial charge in [-0.05, 0) is 41.8 Å². The summed E-state index contributed by atoms with van der Waals surface area (Å²) in [7, 11) is 0. The van der Waals surface area contributed by atoms with Gasteiger partial charge in [-0.1, -0.05) is 18.2 Å². The molecular weight excluding hydrogens is 389 g/mol. The number of carbonyl (C=O) groups is 2. The molecule has 0 aromatic heterocycles. The van der Waals surface area contributed by atoms with Crippen molar-refractivity contribution in [3.63, 3.8) is 0 Å². The molecule has 154 valence electrons. The molecule has 1 heterocycles. The molecule has 0 aliphatic carbocycles. The molecule has 2 N–H and O–H groups in total. The first-order valence-electron chi connectivity index (χ1n) is 8.94. The van der Waals surface area contributed by atoms with Crippen molar-refractivity contribution < 1.29 is 32.6 Å². The van der Waals surface area contributed by atoms with Crippen LogP contribution in [0.3, 0.4) is 0 Å². The van der Waals surface area contributed by atoms with Gasteiger partial charge in [0.05, 0.1) is 0 Å². The number of alkyl carbamates (subject to hydrolysis) is 1. The largest absolute Gasteiger partial charge is 0.410 e. The summed E-state index contributed by atoms with van der Waals surface area (Å²) >= 11 is 0. The third-order valence-corrected chi connectivity index (χ3v) is 4.53. The molecule has 2 aromatic rings. The Balaban J connectivity index is 1.60. The maximum Gasteiger partial charge on any atom is 0.410 e. The van der Waals surface area contributed by atoms with E-state index in [9.17, 15) is 27.9 Å². The number of nitrogens with zero attached hydrogens (tertiary/aromatic N) is 1. The number of amides is 2. The molecule has 1 fully saturated rings. The Morgan fingerprint density at radius 2 is 1.79 bits per heavy atom. The maximum absolute atomic E-state index is 13.4. The van der Waals surface area contributed by atoms with E-state index < -0.39 is 35.2 Å². The summed E-state index contributed by atoms with van der Waals surface area (Å²) < 4.78 is 44.3. The van der Waals surface area contributed by atoms with E-state index in [1.165, 1.54) is 35.2 Å². The number of aliphatic hydroxyl groups is 1. The second-order valence-electron chi connectivity index (χ2n) is 6.73. The minimum atomic E-state index is -2.36. The molecule has 9 heteroatoms. The normalized spacial score (nSPS) is 19.2. The highest BCUT2D eigenvalue weighted by Gasteiger charge is 2.46. The summed E-state index contributed by atoms with van der Waals surface area (Å²) in [6, 6.07) is 8.65. The number of carbonyl (C=O) groups excluding carboxylic acids is 2. The van der Waals surface area contributed by atoms with E-state index in [0.29, 0.717) is 17.5 Å². The zero-order valence-electron chi connectivity index (χ0n) is 15.3. The fourth-order valence-corrected chi connectivity index (χ4v) is 3.03. The van der Waals surface area contributed by atoms with Crippen LogP contribution in [-0.4, -0.2) is 34.3 Å². The van der Waals surface area contributed by atoms with Crippen LogP contribution in [0.4, 0.5) is 18.0 Å². The van der Waals surface area contributed by atoms with Crippen LogP contribution in [0, 0.1) is 17.5 Å². The molecule has 2 aromatic carbocycles. The van der Waals surface area contributed by atoms with Crippen molar-refractivity contribution in [1.29, 1.82) is 0 Å². The molecule has 0 bridgehead atoms. The zero-order valence-corrected chi connectivity index (χ0v) is 15.3. The average Bonchev–Trinajstić information content (AvgIpc) is 2.68. The van der Waals surface area contributed by atoms with Crippen LogP contribution in [0.25, 0.3) is 0 Å². The molecule has 1 unspecified atom stereocenters. The van der Waals surface area contributed by atoms with Crippen molar-refractivity contribution >= 4 is 12.0 Å². The van der Waals surface area contributed by atoms with Crippen LogP contribution in [0.15, 0.2) is 42.5 Å². The molecule has 1 aliphatic rings. The van der Waals surface area contributed by atoms with E-state index in [0.717, 1.165) is 12.1 Å². The monoisotopic (exact) mass is 408 g/mol. The Morgan fingerprint density at radius 3 is 2.48 bits per heavy atom. The molecular formula is C20H19F3N2O4. The van der Waals surface area contributed by atoms with Crippen LogP contribution in [0.2, 0.25) is 0 Å². The van der Waals surface area contributed by atoms with Gasteiger partial charge in [0.1, 0.15) is 5.82 Å². The first kappa shape index (κ1) is 20.7. The summed E-state index contributed by atoms with van der Waals surface area (Å²) in [5, 5.41) is 12.9. The third kappa shape index (κ3) is 5.05. The van der Waals surface area contributed by atoms with Gasteiger partial charge in [-0.2, -0.15) is 0 Å². The van der Waals surface area contributed by atoms with Gasteiger partial charge >= 0.3 is 6.09 Å². The second-order valence-corrected chi connectivity index (χ2v) is 6.73. The summed E-state index contributed by atoms with van der Waals surface area (Å²) in [5.41, 5.74) is 0.938. The van der Waals surface area contributed by atoms with Crippen LogP contribution in [0.1, 0.15) is 24.0 Å². The second kappa shape index (κ2) is 8.52. The highest BCUT2D eigenvalue weighted by Crippen LogP contribution is 2.26. The number of nitrogens with one attached hydrogen (secondary N) is 1. The number of likely N-dealkylation sites (tertiary alicyclic amines) is 1. The van der Waals surface area contributed by atoms with Gasteiger partial charge in [0.15, 0.2) is 11.6 Å². The Labute approximate surface area is 164 Å². The fraction of sp³-hybridized carbons (Fsp3) is 0.300. The lowest BCUT2D eigenvalue weighted by Gasteiger charge is -2.37. The molecule has 3 rings (SSSR count). The van der Waals surface area contributed by atoms with Gasteiger partial charge in [0.25, 0.3) is 11.7 Å². The van der Waals surface area contributed by atoms with Gasteiger partial charge in [0.2, 0.25) is 0 Å². The lowest BCUT2D eigenvalue weighted by Crippen LogP contribution is -2.56. The first-order chi connectivity index (χ1) is 13.8. The molecule has 6 nitrogen and oxygen atoms in total. The van der Waals surface area contributed by atoms with Gasteiger partial charge in [-0.15, -0.1) is 0 Å². The van der Waals surface area contributed by atoms with Crippen molar-refractivity contribution in [3.05, 3.63) is 71.0 Å². The van der Waals surface area contributed by atoms with Crippen molar-refractivity contribution in [2.75, 3.05) is 6.54 Å². The number of piperidine rings is 1. The van der Waals surface area contributed by atoms with Crippen LogP contribution < -0.4 is 5.32 Å². The highest BCUT2D eigenvalue weighted by molar-refractivity contribution is 5.86. The molecule has 1 saturated heterocycles. The first-order valence-corrected chi connectivity index (χ1v) is 8.94. The fourth-order valence-electron chi connectivity index (χ4n) is 3.03. The van der Waals surface area contributed by atoms with Gasteiger partial charge in [-0.3, -0.25) is 4.79 Å². The lowest BCUT2D eigenvalue weighted by molar-refractivity contribution is -0.206. The summed E-state index contributed by atoms with van der Waals surface area (Å²) in [6.07, 6.45) is -0.763. The molecule has 0 spiro atoms. The summed E-state index contributed by atoms with van der Waals surface area (Å²) in [5.74, 6) is -5.66. The SMILES string of the molecule is O=C(NCc1ccc(F)cc1)OC1(O)CCCN(Cc2ccc(F)c(F)c2)C1=O. The molecule has 1 aliphatic heterocycles. The molecule has 0 radical (unpaired) electrons. The number of hydrogen-bond donors (Lipinski definition) is 2. The lowest BCUT2D eigenvalue weighted by atomic mass is 10.0. The molecule has 29 heavy (non-hydrogen) atoms. The molecule has 2 amide bonds.